The van der Waals surface area contributed by atoms with Crippen molar-refractivity contribution in [3.05, 3.63) is 34.9 Å². The predicted molar refractivity (Wildman–Crippen MR) is 59.7 cm³/mol. The number of aryl methyl sites for hydroxylation is 2. The number of hydrazone groups is 1. The van der Waals surface area contributed by atoms with Crippen molar-refractivity contribution in [2.24, 2.45) is 5.10 Å². The minimum atomic E-state index is 1.19. The van der Waals surface area contributed by atoms with Gasteiger partial charge in [0.25, 0.3) is 0 Å². The van der Waals surface area contributed by atoms with Gasteiger partial charge in [-0.2, -0.15) is 5.10 Å². The van der Waals surface area contributed by atoms with Gasteiger partial charge >= 0.3 is 0 Å². The van der Waals surface area contributed by atoms with Crippen LogP contribution in [0.5, 0.6) is 0 Å². The molecule has 0 spiro atoms. The summed E-state index contributed by atoms with van der Waals surface area (Å²) in [5.41, 5.74) is 7.00. The Morgan fingerprint density at radius 1 is 1.21 bits per heavy atom. The highest BCUT2D eigenvalue weighted by Gasteiger charge is 2.08. The molecule has 0 heterocycles. The molecule has 1 aliphatic carbocycles. The second-order valence-corrected chi connectivity index (χ2v) is 3.72. The number of hydrogen-bond donors (Lipinski definition) is 1. The lowest BCUT2D eigenvalue weighted by atomic mass is 9.90. The van der Waals surface area contributed by atoms with Crippen LogP contribution in [-0.4, -0.2) is 13.3 Å². The van der Waals surface area contributed by atoms with Crippen molar-refractivity contribution in [1.82, 2.24) is 5.43 Å². The molecule has 2 nitrogen and oxygen atoms in total. The van der Waals surface area contributed by atoms with Crippen molar-refractivity contribution >= 4 is 6.21 Å². The van der Waals surface area contributed by atoms with Crippen molar-refractivity contribution in [1.29, 1.82) is 0 Å². The molecule has 0 aromatic heterocycles. The molecule has 74 valence electrons. The monoisotopic (exact) mass is 188 g/mol. The molecule has 0 saturated carbocycles. The van der Waals surface area contributed by atoms with E-state index in [0.29, 0.717) is 0 Å². The SMILES string of the molecule is CN/N=C/c1ccc2c(c1)CCCC2. The van der Waals surface area contributed by atoms with Gasteiger partial charge in [0.2, 0.25) is 0 Å². The number of nitrogens with one attached hydrogen (secondary N) is 1. The predicted octanol–water partition coefficient (Wildman–Crippen LogP) is 2.12. The molecule has 0 amide bonds. The van der Waals surface area contributed by atoms with Crippen LogP contribution in [0.4, 0.5) is 0 Å². The number of hydrogen-bond acceptors (Lipinski definition) is 2. The summed E-state index contributed by atoms with van der Waals surface area (Å²) in [5, 5.41) is 4.02. The Bertz CT molecular complexity index is 342. The van der Waals surface area contributed by atoms with E-state index in [4.69, 9.17) is 0 Å². The molecule has 2 heteroatoms. The number of benzene rings is 1. The fourth-order valence-corrected chi connectivity index (χ4v) is 1.97. The molecule has 1 aromatic carbocycles. The molecule has 0 saturated heterocycles. The molecule has 0 aliphatic heterocycles. The molecule has 0 atom stereocenters. The van der Waals surface area contributed by atoms with E-state index < -0.39 is 0 Å². The van der Waals surface area contributed by atoms with E-state index in [9.17, 15) is 0 Å². The van der Waals surface area contributed by atoms with E-state index in [1.807, 2.05) is 13.3 Å². The van der Waals surface area contributed by atoms with Gasteiger partial charge in [0, 0.05) is 7.05 Å². The highest BCUT2D eigenvalue weighted by atomic mass is 15.3. The Balaban J connectivity index is 2.24. The van der Waals surface area contributed by atoms with Crippen molar-refractivity contribution in [3.8, 4) is 0 Å². The summed E-state index contributed by atoms with van der Waals surface area (Å²) in [6.07, 6.45) is 7.03. The molecule has 1 aliphatic rings. The largest absolute Gasteiger partial charge is 0.313 e. The summed E-state index contributed by atoms with van der Waals surface area (Å²) >= 11 is 0. The van der Waals surface area contributed by atoms with Gasteiger partial charge < -0.3 is 5.43 Å². The molecule has 1 aromatic rings. The van der Waals surface area contributed by atoms with Crippen LogP contribution in [0.3, 0.4) is 0 Å². The van der Waals surface area contributed by atoms with E-state index in [1.165, 1.54) is 42.4 Å². The van der Waals surface area contributed by atoms with Crippen LogP contribution in [0.25, 0.3) is 0 Å². The molecule has 2 rings (SSSR count). The van der Waals surface area contributed by atoms with Gasteiger partial charge in [-0.15, -0.1) is 0 Å². The third kappa shape index (κ3) is 1.95. The minimum absolute atomic E-state index is 1.19. The maximum Gasteiger partial charge on any atom is 0.0540 e. The van der Waals surface area contributed by atoms with E-state index >= 15 is 0 Å². The average molecular weight is 188 g/mol. The zero-order valence-electron chi connectivity index (χ0n) is 8.59. The Morgan fingerprint density at radius 2 is 2.00 bits per heavy atom. The molecule has 0 bridgehead atoms. The fraction of sp³-hybridized carbons (Fsp3) is 0.417. The maximum atomic E-state index is 4.02. The lowest BCUT2D eigenvalue weighted by molar-refractivity contribution is 0.685. The Morgan fingerprint density at radius 3 is 2.79 bits per heavy atom. The summed E-state index contributed by atoms with van der Waals surface area (Å²) in [6.45, 7) is 0. The smallest absolute Gasteiger partial charge is 0.0540 e. The lowest BCUT2D eigenvalue weighted by Crippen LogP contribution is -2.03. The van der Waals surface area contributed by atoms with Crippen LogP contribution in [0.1, 0.15) is 29.5 Å². The van der Waals surface area contributed by atoms with Crippen LogP contribution in [0.15, 0.2) is 23.3 Å². The molecule has 0 fully saturated rings. The average Bonchev–Trinajstić information content (AvgIpc) is 2.26. The van der Waals surface area contributed by atoms with Crippen LogP contribution in [0, 0.1) is 0 Å². The van der Waals surface area contributed by atoms with Crippen molar-refractivity contribution in [2.75, 3.05) is 7.05 Å². The van der Waals surface area contributed by atoms with E-state index in [0.717, 1.165) is 0 Å². The van der Waals surface area contributed by atoms with Gasteiger partial charge in [-0.3, -0.25) is 0 Å². The first-order chi connectivity index (χ1) is 6.90. The quantitative estimate of drug-likeness (QED) is 0.558. The Kier molecular flexibility index (Phi) is 2.82. The van der Waals surface area contributed by atoms with Crippen LogP contribution < -0.4 is 5.43 Å². The first-order valence-corrected chi connectivity index (χ1v) is 5.22. The molecule has 0 unspecified atom stereocenters. The first kappa shape index (κ1) is 9.25. The summed E-state index contributed by atoms with van der Waals surface area (Å²) in [5.74, 6) is 0. The second kappa shape index (κ2) is 4.27. The highest BCUT2D eigenvalue weighted by Crippen LogP contribution is 2.21. The molecule has 14 heavy (non-hydrogen) atoms. The van der Waals surface area contributed by atoms with Crippen LogP contribution in [0.2, 0.25) is 0 Å². The van der Waals surface area contributed by atoms with Gasteiger partial charge in [-0.25, -0.2) is 0 Å². The second-order valence-electron chi connectivity index (χ2n) is 3.72. The zero-order chi connectivity index (χ0) is 9.80. The van der Waals surface area contributed by atoms with E-state index in [2.05, 4.69) is 28.7 Å². The van der Waals surface area contributed by atoms with Gasteiger partial charge in [0.1, 0.15) is 0 Å². The molecule has 0 radical (unpaired) electrons. The molecular formula is C12H16N2. The first-order valence-electron chi connectivity index (χ1n) is 5.22. The zero-order valence-corrected chi connectivity index (χ0v) is 8.59. The molecule has 1 N–H and O–H groups in total. The Labute approximate surface area is 85.0 Å². The molecular weight excluding hydrogens is 172 g/mol. The number of nitrogens with zero attached hydrogens (tertiary/aromatic N) is 1. The van der Waals surface area contributed by atoms with Gasteiger partial charge in [0.05, 0.1) is 6.21 Å². The van der Waals surface area contributed by atoms with Crippen LogP contribution >= 0.6 is 0 Å². The van der Waals surface area contributed by atoms with Gasteiger partial charge in [-0.05, 0) is 48.4 Å². The van der Waals surface area contributed by atoms with E-state index in [-0.39, 0.29) is 0 Å². The third-order valence-electron chi connectivity index (χ3n) is 2.72. The van der Waals surface area contributed by atoms with Crippen molar-refractivity contribution in [2.45, 2.75) is 25.7 Å². The highest BCUT2D eigenvalue weighted by molar-refractivity contribution is 5.79. The topological polar surface area (TPSA) is 24.4 Å². The summed E-state index contributed by atoms with van der Waals surface area (Å²) in [7, 11) is 1.81. The normalized spacial score (nSPS) is 15.5. The summed E-state index contributed by atoms with van der Waals surface area (Å²) in [4.78, 5) is 0. The standard InChI is InChI=1S/C12H16N2/c1-13-14-9-10-6-7-11-4-2-3-5-12(11)8-10/h6-9,13H,2-5H2,1H3/b14-9+. The van der Waals surface area contributed by atoms with Gasteiger partial charge in [-0.1, -0.05) is 12.1 Å². The minimum Gasteiger partial charge on any atom is -0.313 e. The summed E-state index contributed by atoms with van der Waals surface area (Å²) < 4.78 is 0. The Hall–Kier alpha value is -1.31. The van der Waals surface area contributed by atoms with Gasteiger partial charge in [0.15, 0.2) is 0 Å². The maximum absolute atomic E-state index is 4.02. The van der Waals surface area contributed by atoms with Crippen molar-refractivity contribution in [3.63, 3.8) is 0 Å². The number of rotatable bonds is 2. The fourth-order valence-electron chi connectivity index (χ4n) is 1.97. The lowest BCUT2D eigenvalue weighted by Gasteiger charge is -2.15. The number of fused-ring (bicyclic) bond motifs is 1. The van der Waals surface area contributed by atoms with Crippen LogP contribution in [-0.2, 0) is 12.8 Å². The van der Waals surface area contributed by atoms with Crippen molar-refractivity contribution < 1.29 is 0 Å². The van der Waals surface area contributed by atoms with E-state index in [1.54, 1.807) is 0 Å². The third-order valence-corrected chi connectivity index (χ3v) is 2.72. The summed E-state index contributed by atoms with van der Waals surface area (Å²) in [6, 6.07) is 6.64.